The quantitative estimate of drug-likeness (QED) is 0.511. The van der Waals surface area contributed by atoms with Crippen molar-refractivity contribution in [1.82, 2.24) is 5.32 Å². The molecule has 174 valence electrons. The highest BCUT2D eigenvalue weighted by atomic mass is 32.2. The summed E-state index contributed by atoms with van der Waals surface area (Å²) in [4.78, 5) is 13.1. The fraction of sp³-hybridized carbons (Fsp3) is 0.240. The summed E-state index contributed by atoms with van der Waals surface area (Å²) in [7, 11) is -0.859. The van der Waals surface area contributed by atoms with Crippen LogP contribution in [0.3, 0.4) is 0 Å². The first kappa shape index (κ1) is 24.1. The van der Waals surface area contributed by atoms with Gasteiger partial charge < -0.3 is 14.8 Å². The molecule has 0 unspecified atom stereocenters. The third-order valence-corrected chi connectivity index (χ3v) is 7.01. The van der Waals surface area contributed by atoms with Gasteiger partial charge >= 0.3 is 0 Å². The molecule has 3 rings (SSSR count). The Bertz CT molecular complexity index is 1200. The van der Waals surface area contributed by atoms with E-state index in [4.69, 9.17) is 9.47 Å². The molecule has 0 saturated heterocycles. The smallest absolute Gasteiger partial charge is 0.264 e. The monoisotopic (exact) mass is 468 g/mol. The van der Waals surface area contributed by atoms with Gasteiger partial charge in [-0.2, -0.15) is 0 Å². The lowest BCUT2D eigenvalue weighted by Crippen LogP contribution is -2.41. The molecular weight excluding hydrogens is 440 g/mol. The minimum absolute atomic E-state index is 0.123. The van der Waals surface area contributed by atoms with Gasteiger partial charge in [-0.3, -0.25) is 9.10 Å². The van der Waals surface area contributed by atoms with E-state index < -0.39 is 15.9 Å². The lowest BCUT2D eigenvalue weighted by molar-refractivity contribution is -0.120. The third-order valence-electron chi connectivity index (χ3n) is 5.23. The fourth-order valence-corrected chi connectivity index (χ4v) is 4.79. The molecule has 3 aromatic carbocycles. The topological polar surface area (TPSA) is 84.9 Å². The van der Waals surface area contributed by atoms with Crippen molar-refractivity contribution in [3.63, 3.8) is 0 Å². The van der Waals surface area contributed by atoms with E-state index in [0.717, 1.165) is 15.4 Å². The van der Waals surface area contributed by atoms with Crippen molar-refractivity contribution >= 4 is 21.6 Å². The Labute approximate surface area is 195 Å². The molecule has 0 aliphatic rings. The van der Waals surface area contributed by atoms with Crippen molar-refractivity contribution in [3.05, 3.63) is 83.9 Å². The van der Waals surface area contributed by atoms with E-state index in [1.807, 2.05) is 19.9 Å². The van der Waals surface area contributed by atoms with Crippen LogP contribution in [0.15, 0.2) is 77.7 Å². The Hall–Kier alpha value is -3.52. The van der Waals surface area contributed by atoms with Crippen LogP contribution >= 0.6 is 0 Å². The number of nitrogens with zero attached hydrogens (tertiary/aromatic N) is 1. The van der Waals surface area contributed by atoms with Gasteiger partial charge in [0.05, 0.1) is 30.8 Å². The molecular formula is C25H28N2O5S. The highest BCUT2D eigenvalue weighted by molar-refractivity contribution is 7.92. The maximum atomic E-state index is 13.4. The molecule has 0 saturated carbocycles. The standard InChI is InChI=1S/C25H28N2O5S/c1-18-10-13-22(14-11-18)33(29,30)27(21-8-6-5-7-9-21)17-25(28)26-19(2)20-12-15-23(31-3)24(16-20)32-4/h5-16,19H,17H2,1-4H3,(H,26,28)/t19-/m0/s1. The lowest BCUT2D eigenvalue weighted by atomic mass is 10.1. The summed E-state index contributed by atoms with van der Waals surface area (Å²) < 4.78 is 38.5. The van der Waals surface area contributed by atoms with Gasteiger partial charge in [-0.15, -0.1) is 0 Å². The Morgan fingerprint density at radius 1 is 0.939 bits per heavy atom. The molecule has 33 heavy (non-hydrogen) atoms. The number of sulfonamides is 1. The Kier molecular flexibility index (Phi) is 7.60. The van der Waals surface area contributed by atoms with E-state index in [1.165, 1.54) is 0 Å². The third kappa shape index (κ3) is 5.64. The van der Waals surface area contributed by atoms with Gasteiger partial charge in [0.1, 0.15) is 6.54 Å². The zero-order valence-electron chi connectivity index (χ0n) is 19.1. The molecule has 1 atom stereocenters. The number of ether oxygens (including phenoxy) is 2. The zero-order valence-corrected chi connectivity index (χ0v) is 19.9. The average Bonchev–Trinajstić information content (AvgIpc) is 2.82. The summed E-state index contributed by atoms with van der Waals surface area (Å²) >= 11 is 0. The summed E-state index contributed by atoms with van der Waals surface area (Å²) in [5.41, 5.74) is 2.15. The number of carbonyl (C=O) groups excluding carboxylic acids is 1. The number of carbonyl (C=O) groups is 1. The number of aryl methyl sites for hydroxylation is 1. The minimum Gasteiger partial charge on any atom is -0.493 e. The fourth-order valence-electron chi connectivity index (χ4n) is 3.37. The van der Waals surface area contributed by atoms with Gasteiger partial charge in [-0.05, 0) is 55.8 Å². The normalized spacial score (nSPS) is 12.0. The molecule has 3 aromatic rings. The SMILES string of the molecule is COc1ccc([C@H](C)NC(=O)CN(c2ccccc2)S(=O)(=O)c2ccc(C)cc2)cc1OC. The Morgan fingerprint density at radius 2 is 1.58 bits per heavy atom. The second-order valence-electron chi connectivity index (χ2n) is 7.56. The van der Waals surface area contributed by atoms with Crippen molar-refractivity contribution in [1.29, 1.82) is 0 Å². The summed E-state index contributed by atoms with van der Waals surface area (Å²) in [5, 5.41) is 2.88. The van der Waals surface area contributed by atoms with Crippen LogP contribution in [-0.2, 0) is 14.8 Å². The number of rotatable bonds is 9. The summed E-state index contributed by atoms with van der Waals surface area (Å²) in [6, 6.07) is 20.1. The van der Waals surface area contributed by atoms with Crippen molar-refractivity contribution in [2.45, 2.75) is 24.8 Å². The van der Waals surface area contributed by atoms with Crippen LogP contribution in [0.1, 0.15) is 24.1 Å². The number of hydrogen-bond acceptors (Lipinski definition) is 5. The van der Waals surface area contributed by atoms with Gasteiger partial charge in [-0.25, -0.2) is 8.42 Å². The van der Waals surface area contributed by atoms with Gasteiger partial charge in [0.2, 0.25) is 5.91 Å². The van der Waals surface area contributed by atoms with E-state index in [9.17, 15) is 13.2 Å². The van der Waals surface area contributed by atoms with Crippen LogP contribution in [0.25, 0.3) is 0 Å². The van der Waals surface area contributed by atoms with E-state index in [-0.39, 0.29) is 17.5 Å². The molecule has 1 amide bonds. The largest absolute Gasteiger partial charge is 0.493 e. The lowest BCUT2D eigenvalue weighted by Gasteiger charge is -2.25. The van der Waals surface area contributed by atoms with Crippen LogP contribution < -0.4 is 19.1 Å². The van der Waals surface area contributed by atoms with Crippen LogP contribution in [0.5, 0.6) is 11.5 Å². The van der Waals surface area contributed by atoms with Gasteiger partial charge in [0.25, 0.3) is 10.0 Å². The second-order valence-corrected chi connectivity index (χ2v) is 9.43. The summed E-state index contributed by atoms with van der Waals surface area (Å²) in [5.74, 6) is 0.694. The van der Waals surface area contributed by atoms with E-state index in [0.29, 0.717) is 17.2 Å². The highest BCUT2D eigenvalue weighted by Gasteiger charge is 2.27. The number of methoxy groups -OCH3 is 2. The minimum atomic E-state index is -3.95. The average molecular weight is 469 g/mol. The number of hydrogen-bond donors (Lipinski definition) is 1. The Balaban J connectivity index is 1.84. The maximum absolute atomic E-state index is 13.4. The van der Waals surface area contributed by atoms with Crippen molar-refractivity contribution in [2.24, 2.45) is 0 Å². The zero-order chi connectivity index (χ0) is 24.0. The van der Waals surface area contributed by atoms with Crippen LogP contribution in [-0.4, -0.2) is 35.1 Å². The highest BCUT2D eigenvalue weighted by Crippen LogP contribution is 2.30. The van der Waals surface area contributed by atoms with Crippen molar-refractivity contribution in [3.8, 4) is 11.5 Å². The van der Waals surface area contributed by atoms with Gasteiger partial charge in [0, 0.05) is 0 Å². The molecule has 0 aliphatic carbocycles. The van der Waals surface area contributed by atoms with Crippen LogP contribution in [0.2, 0.25) is 0 Å². The molecule has 0 bridgehead atoms. The molecule has 0 heterocycles. The summed E-state index contributed by atoms with van der Waals surface area (Å²) in [6.07, 6.45) is 0. The number of anilines is 1. The van der Waals surface area contributed by atoms with E-state index in [1.54, 1.807) is 80.9 Å². The van der Waals surface area contributed by atoms with Gasteiger partial charge in [-0.1, -0.05) is 42.0 Å². The summed E-state index contributed by atoms with van der Waals surface area (Å²) in [6.45, 7) is 3.34. The van der Waals surface area contributed by atoms with Crippen molar-refractivity contribution < 1.29 is 22.7 Å². The first-order valence-corrected chi connectivity index (χ1v) is 11.9. The van der Waals surface area contributed by atoms with Crippen LogP contribution in [0.4, 0.5) is 5.69 Å². The van der Waals surface area contributed by atoms with Crippen LogP contribution in [0, 0.1) is 6.92 Å². The van der Waals surface area contributed by atoms with Gasteiger partial charge in [0.15, 0.2) is 11.5 Å². The van der Waals surface area contributed by atoms with E-state index in [2.05, 4.69) is 5.32 Å². The number of benzene rings is 3. The predicted octanol–water partition coefficient (Wildman–Crippen LogP) is 4.08. The maximum Gasteiger partial charge on any atom is 0.264 e. The number of para-hydroxylation sites is 1. The number of amides is 1. The molecule has 0 spiro atoms. The molecule has 8 heteroatoms. The molecule has 0 aliphatic heterocycles. The molecule has 0 radical (unpaired) electrons. The molecule has 1 N–H and O–H groups in total. The van der Waals surface area contributed by atoms with E-state index >= 15 is 0 Å². The van der Waals surface area contributed by atoms with Crippen molar-refractivity contribution in [2.75, 3.05) is 25.1 Å². The number of nitrogens with one attached hydrogen (secondary N) is 1. The first-order valence-electron chi connectivity index (χ1n) is 10.4. The Morgan fingerprint density at radius 3 is 2.18 bits per heavy atom. The first-order chi connectivity index (χ1) is 15.8. The molecule has 0 fully saturated rings. The molecule has 0 aromatic heterocycles. The molecule has 7 nitrogen and oxygen atoms in total. The predicted molar refractivity (Wildman–Crippen MR) is 128 cm³/mol. The second kappa shape index (κ2) is 10.4.